The minimum absolute atomic E-state index is 0.00152. The first-order valence-corrected chi connectivity index (χ1v) is 30.3. The lowest BCUT2D eigenvalue weighted by Crippen LogP contribution is -2.40. The lowest BCUT2D eigenvalue weighted by atomic mass is 10.0. The Morgan fingerprint density at radius 2 is 1.54 bits per heavy atom. The number of unbranched alkanes of at least 4 members (excludes halogenated alkanes) is 1. The van der Waals surface area contributed by atoms with Gasteiger partial charge in [0.2, 0.25) is 11.8 Å². The maximum atomic E-state index is 14.3. The number of nitrogens with two attached hydrogens (primary N) is 1. The van der Waals surface area contributed by atoms with Crippen molar-refractivity contribution in [2.75, 3.05) is 39.2 Å². The van der Waals surface area contributed by atoms with E-state index in [-0.39, 0.29) is 48.5 Å². The third kappa shape index (κ3) is 13.9. The van der Waals surface area contributed by atoms with Crippen molar-refractivity contribution >= 4 is 109 Å². The number of carbonyl (C=O) groups is 6. The molecule has 0 aliphatic carbocycles. The van der Waals surface area contributed by atoms with Gasteiger partial charge in [-0.15, -0.1) is 68.0 Å². The summed E-state index contributed by atoms with van der Waals surface area (Å²) in [6, 6.07) is 9.56. The number of aliphatic hydroxyl groups is 1. The Balaban J connectivity index is 1.11. The highest BCUT2D eigenvalue weighted by molar-refractivity contribution is 7.19. The van der Waals surface area contributed by atoms with Crippen LogP contribution < -0.4 is 37.6 Å². The topological polar surface area (TPSA) is 330 Å². The lowest BCUT2D eigenvalue weighted by molar-refractivity contribution is -0.122. The number of anilines is 1. The van der Waals surface area contributed by atoms with Crippen LogP contribution >= 0.6 is 68.0 Å². The van der Waals surface area contributed by atoms with E-state index in [0.717, 1.165) is 11.3 Å². The summed E-state index contributed by atoms with van der Waals surface area (Å²) in [6.45, 7) is 5.66. The number of aromatic nitrogens is 7. The first kappa shape index (κ1) is 58.3. The third-order valence-electron chi connectivity index (χ3n) is 12.3. The predicted octanol–water partition coefficient (Wildman–Crippen LogP) is 7.60. The summed E-state index contributed by atoms with van der Waals surface area (Å²) < 4.78 is 10.7. The Bertz CT molecular complexity index is 3570. The average Bonchev–Trinajstić information content (AvgIpc) is 4.36. The van der Waals surface area contributed by atoms with Gasteiger partial charge in [0.15, 0.2) is 0 Å². The molecular formula is C52H54N14O9S6. The number of hydrogen-bond donors (Lipinski definition) is 8. The maximum absolute atomic E-state index is 14.3. The molecule has 9 rings (SSSR count). The van der Waals surface area contributed by atoms with Crippen molar-refractivity contribution < 1.29 is 43.3 Å². The van der Waals surface area contributed by atoms with Gasteiger partial charge in [0.25, 0.3) is 17.7 Å². The molecule has 23 nitrogen and oxygen atoms in total. The number of ether oxygens (including phenoxy) is 2. The zero-order valence-corrected chi connectivity index (χ0v) is 49.0. The number of benzene rings is 1. The van der Waals surface area contributed by atoms with Crippen LogP contribution in [0, 0.1) is 12.8 Å². The van der Waals surface area contributed by atoms with E-state index in [9.17, 15) is 33.9 Å². The second-order valence-electron chi connectivity index (χ2n) is 18.4. The SMILES string of the molecule is CNC(=O)C[C@@H]1NC(=O)c2csc(n2)-c2ccc(-c3nc(NC(=O)OCCCCN)cs3)nc2-c2cnc(s2)-c2csc(n2)[C@H]([C@@H](O)c2ccccc2)NC(=O)CNC(=O)c2nc(sc2COC)[C@H](C(C)C)NC(=O)c2nc1sc2C. The smallest absolute Gasteiger partial charge is 0.412 e. The van der Waals surface area contributed by atoms with Gasteiger partial charge < -0.3 is 46.9 Å². The predicted molar refractivity (Wildman–Crippen MR) is 310 cm³/mol. The summed E-state index contributed by atoms with van der Waals surface area (Å²) in [5, 5.41) is 36.1. The van der Waals surface area contributed by atoms with Gasteiger partial charge in [0, 0.05) is 46.9 Å². The number of nitrogens with zero attached hydrogens (tertiary/aromatic N) is 7. The van der Waals surface area contributed by atoms with Crippen LogP contribution in [0.4, 0.5) is 10.6 Å². The van der Waals surface area contributed by atoms with Crippen LogP contribution in [-0.2, 0) is 25.7 Å². The van der Waals surface area contributed by atoms with Gasteiger partial charge in [-0.2, -0.15) is 0 Å². The van der Waals surface area contributed by atoms with Crippen molar-refractivity contribution in [1.29, 1.82) is 0 Å². The molecule has 0 unspecified atom stereocenters. The highest BCUT2D eigenvalue weighted by atomic mass is 32.1. The van der Waals surface area contributed by atoms with E-state index in [1.165, 1.54) is 70.8 Å². The number of amides is 6. The van der Waals surface area contributed by atoms with Crippen LogP contribution in [0.3, 0.4) is 0 Å². The summed E-state index contributed by atoms with van der Waals surface area (Å²) in [7, 11) is 2.95. The number of fused-ring (bicyclic) bond motifs is 14. The van der Waals surface area contributed by atoms with Crippen LogP contribution in [0.2, 0.25) is 0 Å². The van der Waals surface area contributed by atoms with Crippen molar-refractivity contribution in [3.05, 3.63) is 112 Å². The quantitative estimate of drug-likeness (QED) is 0.0515. The Labute approximate surface area is 487 Å². The van der Waals surface area contributed by atoms with Gasteiger partial charge in [-0.3, -0.25) is 29.3 Å². The van der Waals surface area contributed by atoms with Crippen LogP contribution in [-0.4, -0.2) is 109 Å². The van der Waals surface area contributed by atoms with E-state index >= 15 is 0 Å². The van der Waals surface area contributed by atoms with E-state index in [0.29, 0.717) is 92.3 Å². The Morgan fingerprint density at radius 3 is 2.31 bits per heavy atom. The van der Waals surface area contributed by atoms with Crippen molar-refractivity contribution in [3.8, 4) is 42.5 Å². The molecule has 1 aliphatic heterocycles. The summed E-state index contributed by atoms with van der Waals surface area (Å²) in [5.74, 6) is -2.83. The lowest BCUT2D eigenvalue weighted by Gasteiger charge is -2.23. The molecule has 0 spiro atoms. The number of nitrogens with one attached hydrogen (secondary N) is 6. The van der Waals surface area contributed by atoms with Gasteiger partial charge in [0.05, 0.1) is 59.4 Å². The van der Waals surface area contributed by atoms with Gasteiger partial charge in [-0.25, -0.2) is 39.7 Å². The molecule has 0 saturated heterocycles. The molecule has 1 aromatic carbocycles. The monoisotopic (exact) mass is 1210 g/mol. The number of carbonyl (C=O) groups excluding carboxylic acids is 6. The molecule has 4 atom stereocenters. The molecule has 8 heterocycles. The largest absolute Gasteiger partial charge is 0.449 e. The van der Waals surface area contributed by atoms with Crippen molar-refractivity contribution in [2.24, 2.45) is 11.7 Å². The molecule has 422 valence electrons. The molecule has 6 amide bonds. The standard InChI is InChI=1S/C52H54N14O9S6/c1-24(2)37-51-66-40(33(81-51)20-74-5)44(71)55-19-36(68)63-41(42(69)26-11-7-6-8-12-26)50-60-31(22-77-50)47-56-18-32(80-47)39-27(13-14-28(57-39)48-61-34(23-78-48)62-52(73)75-16-10-9-15-53)46-59-30(21-76-46)43(70)58-29(17-35(67)54-4)49-65-38(25(3)79-49)45(72)64-37/h6-8,11-14,18,21-24,29,37,41-42,69H,9-10,15-17,19-20,53H2,1-5H3,(H,54,67)(H,55,71)(H,58,70)(H,62,73)(H,63,68)(H,64,72)/t29-,37-,41-,42-/m0/s1. The maximum Gasteiger partial charge on any atom is 0.412 e. The molecule has 29 heteroatoms. The van der Waals surface area contributed by atoms with E-state index in [2.05, 4.69) is 46.9 Å². The number of pyridine rings is 1. The molecule has 1 aliphatic rings. The fourth-order valence-corrected chi connectivity index (χ4v) is 13.8. The van der Waals surface area contributed by atoms with E-state index in [4.69, 9.17) is 35.1 Å². The first-order valence-electron chi connectivity index (χ1n) is 25.2. The van der Waals surface area contributed by atoms with Crippen LogP contribution in [0.15, 0.2) is 64.8 Å². The summed E-state index contributed by atoms with van der Waals surface area (Å²) in [5.41, 5.74) is 8.03. The van der Waals surface area contributed by atoms with Crippen molar-refractivity contribution in [2.45, 2.75) is 70.9 Å². The molecule has 0 saturated carbocycles. The first-order chi connectivity index (χ1) is 39.1. The second kappa shape index (κ2) is 26.5. The number of methoxy groups -OCH3 is 1. The minimum Gasteiger partial charge on any atom is -0.449 e. The highest BCUT2D eigenvalue weighted by Crippen LogP contribution is 2.41. The molecule has 7 aromatic heterocycles. The molecule has 0 radical (unpaired) electrons. The van der Waals surface area contributed by atoms with Crippen LogP contribution in [0.1, 0.15) is 119 Å². The zero-order valence-electron chi connectivity index (χ0n) is 44.1. The molecule has 10 bridgehead atoms. The van der Waals surface area contributed by atoms with E-state index < -0.39 is 66.4 Å². The second-order valence-corrected chi connectivity index (χ2v) is 24.4. The molecule has 8 aromatic rings. The van der Waals surface area contributed by atoms with Gasteiger partial charge in [-0.05, 0) is 49.9 Å². The summed E-state index contributed by atoms with van der Waals surface area (Å²) >= 11 is 7.21. The Kier molecular flexibility index (Phi) is 19.1. The Hall–Kier alpha value is -7.35. The molecular weight excluding hydrogens is 1160 g/mol. The number of thiazole rings is 6. The summed E-state index contributed by atoms with van der Waals surface area (Å²) in [4.78, 5) is 117. The fraction of sp³-hybridized carbons (Fsp3) is 0.327. The number of rotatable bonds is 13. The van der Waals surface area contributed by atoms with Gasteiger partial charge in [0.1, 0.15) is 70.8 Å². The number of hydrogen-bond acceptors (Lipinski definition) is 23. The van der Waals surface area contributed by atoms with Crippen molar-refractivity contribution in [3.63, 3.8) is 0 Å². The molecule has 9 N–H and O–H groups in total. The summed E-state index contributed by atoms with van der Waals surface area (Å²) in [6.07, 6.45) is 0.823. The van der Waals surface area contributed by atoms with Crippen molar-refractivity contribution in [1.82, 2.24) is 61.5 Å². The molecule has 0 fully saturated rings. The zero-order chi connectivity index (χ0) is 57.3. The number of aryl methyl sites for hydroxylation is 1. The van der Waals surface area contributed by atoms with E-state index in [1.54, 1.807) is 71.7 Å². The van der Waals surface area contributed by atoms with Gasteiger partial charge in [-0.1, -0.05) is 44.2 Å². The Morgan fingerprint density at radius 1 is 0.765 bits per heavy atom. The molecule has 81 heavy (non-hydrogen) atoms. The average molecular weight is 1210 g/mol. The van der Waals surface area contributed by atoms with Crippen LogP contribution in [0.5, 0.6) is 0 Å². The van der Waals surface area contributed by atoms with E-state index in [1.807, 2.05) is 13.8 Å². The van der Waals surface area contributed by atoms with Gasteiger partial charge >= 0.3 is 6.09 Å². The van der Waals surface area contributed by atoms with Crippen LogP contribution in [0.25, 0.3) is 42.5 Å². The third-order valence-corrected chi connectivity index (χ3v) is 18.2. The highest BCUT2D eigenvalue weighted by Gasteiger charge is 2.33. The minimum atomic E-state index is -1.27. The normalized spacial score (nSPS) is 16.4. The fourth-order valence-electron chi connectivity index (χ4n) is 8.19. The number of aliphatic hydroxyl groups excluding tert-OH is 1.